The van der Waals surface area contributed by atoms with Crippen molar-refractivity contribution in [1.29, 1.82) is 0 Å². The third-order valence-electron chi connectivity index (χ3n) is 3.13. The maximum absolute atomic E-state index is 12.2. The lowest BCUT2D eigenvalue weighted by molar-refractivity contribution is -0.0258. The average molecular weight is 389 g/mol. The normalized spacial score (nSPS) is 11.5. The first-order valence-corrected chi connectivity index (χ1v) is 8.84. The lowest BCUT2D eigenvalue weighted by Gasteiger charge is -2.14. The Morgan fingerprint density at radius 2 is 1.62 bits per heavy atom. The fraction of sp³-hybridized carbons (Fsp3) is 0.133. The minimum atomic E-state index is -3.73. The van der Waals surface area contributed by atoms with E-state index in [2.05, 4.69) is 5.32 Å². The number of nitrogens with one attached hydrogen (secondary N) is 1. The number of benzene rings is 2. The summed E-state index contributed by atoms with van der Waals surface area (Å²) in [6.07, 6.45) is 0. The summed E-state index contributed by atoms with van der Waals surface area (Å²) in [6.45, 7) is 0. The number of amides is 1. The number of nitrogens with zero attached hydrogens (tertiary/aromatic N) is 1. The van der Waals surface area contributed by atoms with Crippen LogP contribution in [0.5, 0.6) is 0 Å². The Hall–Kier alpha value is -1.64. The Morgan fingerprint density at radius 1 is 1.08 bits per heavy atom. The summed E-state index contributed by atoms with van der Waals surface area (Å²) >= 11 is 11.7. The van der Waals surface area contributed by atoms with E-state index in [1.807, 2.05) is 0 Å². The number of rotatable bonds is 5. The largest absolute Gasteiger partial charge is 0.322 e. The van der Waals surface area contributed by atoms with Gasteiger partial charge >= 0.3 is 0 Å². The van der Waals surface area contributed by atoms with E-state index in [1.165, 1.54) is 56.6 Å². The summed E-state index contributed by atoms with van der Waals surface area (Å²) in [6, 6.07) is 10.2. The molecule has 0 fully saturated rings. The molecule has 0 bridgehead atoms. The van der Waals surface area contributed by atoms with Crippen molar-refractivity contribution in [3.05, 3.63) is 58.1 Å². The quantitative estimate of drug-likeness (QED) is 0.796. The highest BCUT2D eigenvalue weighted by atomic mass is 35.5. The third-order valence-corrected chi connectivity index (χ3v) is 5.26. The Bertz CT molecular complexity index is 834. The van der Waals surface area contributed by atoms with Crippen LogP contribution in [0.1, 0.15) is 10.4 Å². The minimum Gasteiger partial charge on any atom is -0.322 e. The van der Waals surface area contributed by atoms with Crippen LogP contribution in [0.25, 0.3) is 0 Å². The molecule has 0 saturated heterocycles. The average Bonchev–Trinajstić information content (AvgIpc) is 2.53. The van der Waals surface area contributed by atoms with E-state index < -0.39 is 15.9 Å². The predicted octanol–water partition coefficient (Wildman–Crippen LogP) is 3.43. The van der Waals surface area contributed by atoms with E-state index in [9.17, 15) is 13.2 Å². The van der Waals surface area contributed by atoms with Crippen molar-refractivity contribution in [3.63, 3.8) is 0 Å². The topological polar surface area (TPSA) is 75.7 Å². The van der Waals surface area contributed by atoms with E-state index in [0.717, 1.165) is 4.47 Å². The SMILES string of the molecule is CON(C)S(=O)(=O)c1ccc(NC(=O)c2cc(Cl)cc(Cl)c2)cc1. The smallest absolute Gasteiger partial charge is 0.264 e. The van der Waals surface area contributed by atoms with Crippen molar-refractivity contribution < 1.29 is 18.0 Å². The van der Waals surface area contributed by atoms with Crippen LogP contribution < -0.4 is 5.32 Å². The van der Waals surface area contributed by atoms with E-state index >= 15 is 0 Å². The molecule has 6 nitrogen and oxygen atoms in total. The van der Waals surface area contributed by atoms with Crippen LogP contribution >= 0.6 is 23.2 Å². The Labute approximate surface area is 149 Å². The molecule has 0 aromatic heterocycles. The maximum Gasteiger partial charge on any atom is 0.264 e. The van der Waals surface area contributed by atoms with Gasteiger partial charge in [-0.2, -0.15) is 0 Å². The second kappa shape index (κ2) is 7.50. The van der Waals surface area contributed by atoms with E-state index in [1.54, 1.807) is 0 Å². The number of hydroxylamine groups is 1. The molecule has 24 heavy (non-hydrogen) atoms. The molecule has 0 heterocycles. The fourth-order valence-corrected chi connectivity index (χ4v) is 3.34. The van der Waals surface area contributed by atoms with Crippen LogP contribution in [-0.2, 0) is 14.9 Å². The molecule has 0 aliphatic carbocycles. The molecular formula is C15H14Cl2N2O4S. The first-order valence-electron chi connectivity index (χ1n) is 6.64. The highest BCUT2D eigenvalue weighted by Crippen LogP contribution is 2.21. The molecule has 2 aromatic rings. The van der Waals surface area contributed by atoms with Gasteiger partial charge in [0, 0.05) is 28.3 Å². The van der Waals surface area contributed by atoms with Crippen molar-refractivity contribution in [2.45, 2.75) is 4.90 Å². The lowest BCUT2D eigenvalue weighted by Crippen LogP contribution is -2.25. The Morgan fingerprint density at radius 3 is 2.12 bits per heavy atom. The number of carbonyl (C=O) groups is 1. The van der Waals surface area contributed by atoms with E-state index in [4.69, 9.17) is 28.0 Å². The fourth-order valence-electron chi connectivity index (χ4n) is 1.84. The van der Waals surface area contributed by atoms with Crippen molar-refractivity contribution in [2.75, 3.05) is 19.5 Å². The maximum atomic E-state index is 12.2. The molecule has 0 radical (unpaired) electrons. The van der Waals surface area contributed by atoms with Gasteiger partial charge in [-0.25, -0.2) is 8.42 Å². The molecule has 0 saturated carbocycles. The summed E-state index contributed by atoms with van der Waals surface area (Å²) in [5.41, 5.74) is 0.721. The molecule has 128 valence electrons. The van der Waals surface area contributed by atoms with Gasteiger partial charge in [0.2, 0.25) is 0 Å². The predicted molar refractivity (Wildman–Crippen MR) is 92.8 cm³/mol. The van der Waals surface area contributed by atoms with E-state index in [-0.39, 0.29) is 4.90 Å². The first-order chi connectivity index (χ1) is 11.2. The van der Waals surface area contributed by atoms with Crippen LogP contribution in [0, 0.1) is 0 Å². The molecule has 1 N–H and O–H groups in total. The number of anilines is 1. The highest BCUT2D eigenvalue weighted by Gasteiger charge is 2.20. The van der Waals surface area contributed by atoms with Crippen molar-refractivity contribution >= 4 is 44.8 Å². The molecule has 2 aromatic carbocycles. The van der Waals surface area contributed by atoms with Crippen molar-refractivity contribution in [2.24, 2.45) is 0 Å². The zero-order chi connectivity index (χ0) is 17.9. The molecule has 0 atom stereocenters. The summed E-state index contributed by atoms with van der Waals surface area (Å²) in [5, 5.41) is 3.33. The lowest BCUT2D eigenvalue weighted by atomic mass is 10.2. The van der Waals surface area contributed by atoms with Crippen LogP contribution in [0.2, 0.25) is 10.0 Å². The summed E-state index contributed by atoms with van der Waals surface area (Å²) in [4.78, 5) is 16.9. The van der Waals surface area contributed by atoms with Crippen LogP contribution in [0.4, 0.5) is 5.69 Å². The molecule has 0 aliphatic rings. The molecule has 1 amide bonds. The van der Waals surface area contributed by atoms with Gasteiger partial charge in [0.05, 0.1) is 12.0 Å². The van der Waals surface area contributed by atoms with E-state index in [0.29, 0.717) is 21.3 Å². The van der Waals surface area contributed by atoms with Gasteiger partial charge in [-0.15, -0.1) is 0 Å². The summed E-state index contributed by atoms with van der Waals surface area (Å²) in [5.74, 6) is -0.413. The first kappa shape index (κ1) is 18.7. The van der Waals surface area contributed by atoms with Gasteiger partial charge in [0.1, 0.15) is 0 Å². The van der Waals surface area contributed by atoms with Crippen LogP contribution in [0.3, 0.4) is 0 Å². The van der Waals surface area contributed by atoms with Crippen molar-refractivity contribution in [1.82, 2.24) is 4.47 Å². The second-order valence-electron chi connectivity index (χ2n) is 4.73. The minimum absolute atomic E-state index is 0.0376. The molecule has 0 unspecified atom stereocenters. The summed E-state index contributed by atoms with van der Waals surface area (Å²) < 4.78 is 24.9. The summed E-state index contributed by atoms with van der Waals surface area (Å²) in [7, 11) is -1.20. The van der Waals surface area contributed by atoms with Gasteiger partial charge in [0.25, 0.3) is 15.9 Å². The zero-order valence-corrected chi connectivity index (χ0v) is 15.1. The molecule has 9 heteroatoms. The number of hydrogen-bond acceptors (Lipinski definition) is 4. The van der Waals surface area contributed by atoms with Gasteiger partial charge in [-0.05, 0) is 42.5 Å². The number of sulfonamides is 1. The number of carbonyl (C=O) groups excluding carboxylic acids is 1. The van der Waals surface area contributed by atoms with Gasteiger partial charge in [-0.3, -0.25) is 9.63 Å². The second-order valence-corrected chi connectivity index (χ2v) is 7.54. The molecule has 0 spiro atoms. The Kier molecular flexibility index (Phi) is 5.84. The third kappa shape index (κ3) is 4.25. The number of hydrogen-bond donors (Lipinski definition) is 1. The molecule has 0 aliphatic heterocycles. The standard InChI is InChI=1S/C15H14Cl2N2O4S/c1-19(23-2)24(21,22)14-5-3-13(4-6-14)18-15(20)10-7-11(16)9-12(17)8-10/h3-9H,1-2H3,(H,18,20). The van der Waals surface area contributed by atoms with Crippen molar-refractivity contribution in [3.8, 4) is 0 Å². The zero-order valence-electron chi connectivity index (χ0n) is 12.8. The molecular weight excluding hydrogens is 375 g/mol. The monoisotopic (exact) mass is 388 g/mol. The number of halogens is 2. The Balaban J connectivity index is 2.18. The van der Waals surface area contributed by atoms with Crippen LogP contribution in [0.15, 0.2) is 47.4 Å². The van der Waals surface area contributed by atoms with Gasteiger partial charge < -0.3 is 5.32 Å². The highest BCUT2D eigenvalue weighted by molar-refractivity contribution is 7.89. The van der Waals surface area contributed by atoms with Gasteiger partial charge in [-0.1, -0.05) is 27.7 Å². The van der Waals surface area contributed by atoms with Crippen LogP contribution in [-0.4, -0.2) is 33.0 Å². The van der Waals surface area contributed by atoms with Gasteiger partial charge in [0.15, 0.2) is 0 Å². The molecule has 2 rings (SSSR count).